The van der Waals surface area contributed by atoms with E-state index in [2.05, 4.69) is 13.8 Å². The molecule has 0 bridgehead atoms. The van der Waals surface area contributed by atoms with Gasteiger partial charge in [0.15, 0.2) is 0 Å². The predicted molar refractivity (Wildman–Crippen MR) is 180 cm³/mol. The molecule has 10 heteroatoms. The van der Waals surface area contributed by atoms with Crippen LogP contribution in [0.3, 0.4) is 0 Å². The fraction of sp³-hybridized carbons (Fsp3) is 1.00. The quantitative estimate of drug-likeness (QED) is 0.0704. The summed E-state index contributed by atoms with van der Waals surface area (Å²) in [5, 5.41) is 0. The zero-order valence-corrected chi connectivity index (χ0v) is 29.4. The Bertz CT molecular complexity index is 459. The molecule has 0 aliphatic carbocycles. The molecule has 0 aromatic carbocycles. The van der Waals surface area contributed by atoms with Gasteiger partial charge in [-0.05, 0) is 12.8 Å². The molecular weight excluding hydrogens is 580 g/mol. The topological polar surface area (TPSA) is 92.3 Å². The molecule has 0 saturated carbocycles. The summed E-state index contributed by atoms with van der Waals surface area (Å²) in [4.78, 5) is 0. The van der Waals surface area contributed by atoms with E-state index >= 15 is 0 Å². The highest BCUT2D eigenvalue weighted by Gasteiger charge is 1.97. The van der Waals surface area contributed by atoms with E-state index in [4.69, 9.17) is 47.4 Å². The van der Waals surface area contributed by atoms with Crippen molar-refractivity contribution in [2.24, 2.45) is 0 Å². The third-order valence-corrected chi connectivity index (χ3v) is 6.88. The molecular formula is C35H72O10. The highest BCUT2D eigenvalue weighted by Crippen LogP contribution is 2.10. The molecule has 0 aliphatic rings. The SMILES string of the molecule is CCCCCCCCCCCCOCCOCCOCCOCCOCCOCCOCCOCCOCCOCCCCC. The molecule has 0 radical (unpaired) electrons. The van der Waals surface area contributed by atoms with E-state index < -0.39 is 0 Å². The van der Waals surface area contributed by atoms with Gasteiger partial charge in [0, 0.05) is 13.2 Å². The van der Waals surface area contributed by atoms with Crippen LogP contribution in [0.2, 0.25) is 0 Å². The normalized spacial score (nSPS) is 11.6. The first-order chi connectivity index (χ1) is 22.4. The van der Waals surface area contributed by atoms with Gasteiger partial charge in [-0.15, -0.1) is 0 Å². The molecule has 0 rings (SSSR count). The number of ether oxygens (including phenoxy) is 10. The fourth-order valence-corrected chi connectivity index (χ4v) is 4.23. The summed E-state index contributed by atoms with van der Waals surface area (Å²) < 4.78 is 55.1. The monoisotopic (exact) mass is 653 g/mol. The zero-order chi connectivity index (χ0) is 32.4. The molecule has 0 aliphatic heterocycles. The molecule has 0 fully saturated rings. The van der Waals surface area contributed by atoms with E-state index in [1.54, 1.807) is 0 Å². The average molecular weight is 653 g/mol. The van der Waals surface area contributed by atoms with Gasteiger partial charge in [0.05, 0.1) is 119 Å². The van der Waals surface area contributed by atoms with Crippen LogP contribution in [-0.2, 0) is 47.4 Å². The van der Waals surface area contributed by atoms with Crippen molar-refractivity contribution in [3.8, 4) is 0 Å². The Kier molecular flexibility index (Phi) is 43.2. The lowest BCUT2D eigenvalue weighted by molar-refractivity contribution is -0.0264. The first kappa shape index (κ1) is 44.6. The van der Waals surface area contributed by atoms with Gasteiger partial charge < -0.3 is 47.4 Å². The van der Waals surface area contributed by atoms with Gasteiger partial charge in [0.25, 0.3) is 0 Å². The summed E-state index contributed by atoms with van der Waals surface area (Å²) in [5.41, 5.74) is 0. The fourth-order valence-electron chi connectivity index (χ4n) is 4.23. The Hall–Kier alpha value is -0.400. The maximum atomic E-state index is 5.65. The van der Waals surface area contributed by atoms with Gasteiger partial charge >= 0.3 is 0 Å². The summed E-state index contributed by atoms with van der Waals surface area (Å²) >= 11 is 0. The van der Waals surface area contributed by atoms with Crippen molar-refractivity contribution in [3.05, 3.63) is 0 Å². The van der Waals surface area contributed by atoms with Crippen molar-refractivity contribution < 1.29 is 47.4 Å². The highest BCUT2D eigenvalue weighted by atomic mass is 16.6. The third-order valence-electron chi connectivity index (χ3n) is 6.88. The summed E-state index contributed by atoms with van der Waals surface area (Å²) in [7, 11) is 0. The molecule has 0 saturated heterocycles. The minimum absolute atomic E-state index is 0.535. The second-order valence-electron chi connectivity index (χ2n) is 11.0. The predicted octanol–water partition coefficient (Wildman–Crippen LogP) is 6.26. The van der Waals surface area contributed by atoms with Crippen LogP contribution in [0.4, 0.5) is 0 Å². The Morgan fingerprint density at radius 2 is 0.333 bits per heavy atom. The molecule has 0 heterocycles. The van der Waals surface area contributed by atoms with Crippen LogP contribution in [-0.4, -0.2) is 132 Å². The van der Waals surface area contributed by atoms with Crippen LogP contribution in [0.5, 0.6) is 0 Å². The van der Waals surface area contributed by atoms with Crippen molar-refractivity contribution in [2.45, 2.75) is 97.3 Å². The van der Waals surface area contributed by atoms with Crippen LogP contribution < -0.4 is 0 Å². The van der Waals surface area contributed by atoms with E-state index in [-0.39, 0.29) is 0 Å². The van der Waals surface area contributed by atoms with Gasteiger partial charge in [-0.25, -0.2) is 0 Å². The third kappa shape index (κ3) is 43.6. The molecule has 0 aromatic heterocycles. The summed E-state index contributed by atoms with van der Waals surface area (Å²) in [6.45, 7) is 16.3. The van der Waals surface area contributed by atoms with Crippen LogP contribution in [0.15, 0.2) is 0 Å². The molecule has 45 heavy (non-hydrogen) atoms. The summed E-state index contributed by atoms with van der Waals surface area (Å²) in [5.74, 6) is 0. The molecule has 0 atom stereocenters. The maximum Gasteiger partial charge on any atom is 0.0701 e. The molecule has 0 unspecified atom stereocenters. The number of rotatable bonds is 42. The number of hydrogen-bond acceptors (Lipinski definition) is 10. The lowest BCUT2D eigenvalue weighted by atomic mass is 10.1. The molecule has 272 valence electrons. The lowest BCUT2D eigenvalue weighted by Crippen LogP contribution is -2.15. The Labute approximate surface area is 276 Å². The Morgan fingerprint density at radius 1 is 0.178 bits per heavy atom. The minimum atomic E-state index is 0.535. The van der Waals surface area contributed by atoms with E-state index in [0.717, 1.165) is 26.1 Å². The van der Waals surface area contributed by atoms with Crippen molar-refractivity contribution in [1.82, 2.24) is 0 Å². The Balaban J connectivity index is 3.03. The van der Waals surface area contributed by atoms with Gasteiger partial charge in [-0.3, -0.25) is 0 Å². The van der Waals surface area contributed by atoms with Crippen LogP contribution in [0.25, 0.3) is 0 Å². The van der Waals surface area contributed by atoms with E-state index in [1.807, 2.05) is 0 Å². The van der Waals surface area contributed by atoms with Gasteiger partial charge in [-0.1, -0.05) is 84.5 Å². The molecule has 0 spiro atoms. The van der Waals surface area contributed by atoms with Gasteiger partial charge in [0.2, 0.25) is 0 Å². The first-order valence-corrected chi connectivity index (χ1v) is 18.2. The van der Waals surface area contributed by atoms with Crippen molar-refractivity contribution in [2.75, 3.05) is 132 Å². The lowest BCUT2D eigenvalue weighted by Gasteiger charge is -2.09. The molecule has 0 N–H and O–H groups in total. The molecule has 0 amide bonds. The second kappa shape index (κ2) is 43.6. The second-order valence-corrected chi connectivity index (χ2v) is 11.0. The number of unbranched alkanes of at least 4 members (excludes halogenated alkanes) is 11. The van der Waals surface area contributed by atoms with Gasteiger partial charge in [-0.2, -0.15) is 0 Å². The smallest absolute Gasteiger partial charge is 0.0701 e. The van der Waals surface area contributed by atoms with Crippen LogP contribution in [0, 0.1) is 0 Å². The standard InChI is InChI=1S/C35H72O10/c1-3-5-7-8-9-10-11-12-13-15-17-37-19-21-39-23-25-41-27-29-43-31-33-45-35-34-44-32-30-42-28-26-40-24-22-38-20-18-36-16-14-6-4-2/h3-35H2,1-2H3. The average Bonchev–Trinajstić information content (AvgIpc) is 3.05. The summed E-state index contributed by atoms with van der Waals surface area (Å²) in [6, 6.07) is 0. The van der Waals surface area contributed by atoms with Crippen LogP contribution >= 0.6 is 0 Å². The molecule has 0 aromatic rings. The van der Waals surface area contributed by atoms with Crippen molar-refractivity contribution in [3.63, 3.8) is 0 Å². The van der Waals surface area contributed by atoms with E-state index in [9.17, 15) is 0 Å². The van der Waals surface area contributed by atoms with Gasteiger partial charge in [0.1, 0.15) is 0 Å². The van der Waals surface area contributed by atoms with Crippen LogP contribution in [0.1, 0.15) is 97.3 Å². The number of hydrogen-bond donors (Lipinski definition) is 0. The largest absolute Gasteiger partial charge is 0.379 e. The van der Waals surface area contributed by atoms with E-state index in [1.165, 1.54) is 70.6 Å². The van der Waals surface area contributed by atoms with Crippen molar-refractivity contribution in [1.29, 1.82) is 0 Å². The minimum Gasteiger partial charge on any atom is -0.379 e. The highest BCUT2D eigenvalue weighted by molar-refractivity contribution is 4.47. The van der Waals surface area contributed by atoms with Crippen molar-refractivity contribution >= 4 is 0 Å². The van der Waals surface area contributed by atoms with E-state index in [0.29, 0.717) is 119 Å². The first-order valence-electron chi connectivity index (χ1n) is 18.2. The Morgan fingerprint density at radius 3 is 0.578 bits per heavy atom. The molecule has 10 nitrogen and oxygen atoms in total. The summed E-state index contributed by atoms with van der Waals surface area (Å²) in [6.07, 6.45) is 17.0. The zero-order valence-electron chi connectivity index (χ0n) is 29.4. The maximum absolute atomic E-state index is 5.65.